The lowest BCUT2D eigenvalue weighted by molar-refractivity contribution is -0.115. The van der Waals surface area contributed by atoms with Crippen LogP contribution in [-0.4, -0.2) is 16.1 Å². The largest absolute Gasteiger partial charge is 0.309 e. The first-order valence-corrected chi connectivity index (χ1v) is 8.40. The third-order valence-corrected chi connectivity index (χ3v) is 4.54. The van der Waals surface area contributed by atoms with Crippen LogP contribution in [0.3, 0.4) is 0 Å². The number of nitrogens with zero attached hydrogens (tertiary/aromatic N) is 1. The Hall–Kier alpha value is -2.95. The van der Waals surface area contributed by atoms with Crippen LogP contribution in [0.1, 0.15) is 23.2 Å². The number of hydrogen-bond acceptors (Lipinski definition) is 2. The molecule has 0 radical (unpaired) electrons. The van der Waals surface area contributed by atoms with Gasteiger partial charge in [0.2, 0.25) is 5.91 Å². The van der Waals surface area contributed by atoms with Crippen molar-refractivity contribution in [2.75, 3.05) is 5.32 Å². The monoisotopic (exact) mass is 335 g/mol. The highest BCUT2D eigenvalue weighted by Gasteiger charge is 2.19. The van der Waals surface area contributed by atoms with Crippen LogP contribution >= 0.6 is 0 Å². The van der Waals surface area contributed by atoms with E-state index in [1.807, 2.05) is 30.3 Å². The Bertz CT molecular complexity index is 915. The summed E-state index contributed by atoms with van der Waals surface area (Å²) in [7, 11) is 0. The highest BCUT2D eigenvalue weighted by Crippen LogP contribution is 2.26. The number of carbonyl (C=O) groups excluding carboxylic acids is 1. The summed E-state index contributed by atoms with van der Waals surface area (Å²) in [4.78, 5) is 12.3. The van der Waals surface area contributed by atoms with E-state index in [0.29, 0.717) is 5.82 Å². The molecule has 5 heteroatoms. The fraction of sp³-hybridized carbons (Fsp3) is 0.200. The molecule has 126 valence electrons. The van der Waals surface area contributed by atoms with Gasteiger partial charge in [0.05, 0.1) is 6.42 Å². The number of halogens is 1. The average Bonchev–Trinajstić information content (AvgIpc) is 3.21. The number of rotatable bonds is 4. The highest BCUT2D eigenvalue weighted by molar-refractivity contribution is 5.92. The van der Waals surface area contributed by atoms with Crippen molar-refractivity contribution in [1.82, 2.24) is 10.2 Å². The van der Waals surface area contributed by atoms with E-state index in [1.54, 1.807) is 6.07 Å². The predicted octanol–water partition coefficient (Wildman–Crippen LogP) is 3.89. The topological polar surface area (TPSA) is 57.8 Å². The minimum absolute atomic E-state index is 0.0836. The maximum absolute atomic E-state index is 13.3. The van der Waals surface area contributed by atoms with Crippen molar-refractivity contribution in [2.45, 2.75) is 25.7 Å². The lowest BCUT2D eigenvalue weighted by Gasteiger charge is -2.06. The molecule has 25 heavy (non-hydrogen) atoms. The van der Waals surface area contributed by atoms with Gasteiger partial charge in [0.1, 0.15) is 5.82 Å². The van der Waals surface area contributed by atoms with E-state index >= 15 is 0 Å². The van der Waals surface area contributed by atoms with Gasteiger partial charge in [-0.05, 0) is 48.1 Å². The number of aryl methyl sites for hydroxylation is 1. The molecule has 2 N–H and O–H groups in total. The van der Waals surface area contributed by atoms with Gasteiger partial charge in [-0.15, -0.1) is 0 Å². The zero-order valence-corrected chi connectivity index (χ0v) is 13.7. The van der Waals surface area contributed by atoms with Crippen molar-refractivity contribution in [2.24, 2.45) is 0 Å². The molecule has 1 heterocycles. The zero-order chi connectivity index (χ0) is 17.2. The van der Waals surface area contributed by atoms with Gasteiger partial charge in [-0.3, -0.25) is 9.89 Å². The van der Waals surface area contributed by atoms with E-state index in [9.17, 15) is 9.18 Å². The molecule has 0 aliphatic heterocycles. The van der Waals surface area contributed by atoms with Gasteiger partial charge < -0.3 is 5.32 Å². The first kappa shape index (κ1) is 15.6. The third kappa shape index (κ3) is 3.31. The van der Waals surface area contributed by atoms with Crippen molar-refractivity contribution in [3.8, 4) is 11.1 Å². The number of aromatic nitrogens is 2. The minimum atomic E-state index is -0.257. The van der Waals surface area contributed by atoms with Crippen LogP contribution in [0.2, 0.25) is 0 Å². The van der Waals surface area contributed by atoms with Gasteiger partial charge in [0.25, 0.3) is 0 Å². The number of H-pyrrole nitrogens is 1. The van der Waals surface area contributed by atoms with Gasteiger partial charge in [0, 0.05) is 11.3 Å². The number of amides is 1. The summed E-state index contributed by atoms with van der Waals surface area (Å²) in [5.41, 5.74) is 4.92. The average molecular weight is 335 g/mol. The number of nitrogens with one attached hydrogen (secondary N) is 2. The quantitative estimate of drug-likeness (QED) is 0.760. The Balaban J connectivity index is 1.43. The smallest absolute Gasteiger partial charge is 0.230 e. The molecule has 1 amide bonds. The number of fused-ring (bicyclic) bond motifs is 1. The van der Waals surface area contributed by atoms with E-state index in [0.717, 1.165) is 47.2 Å². The molecule has 1 aliphatic rings. The molecule has 4 rings (SSSR count). The Labute approximate surface area is 145 Å². The molecule has 3 aromatic rings. The zero-order valence-electron chi connectivity index (χ0n) is 13.7. The van der Waals surface area contributed by atoms with Crippen LogP contribution in [0.5, 0.6) is 0 Å². The summed E-state index contributed by atoms with van der Waals surface area (Å²) in [5, 5.41) is 10.1. The molecule has 0 bridgehead atoms. The SMILES string of the molecule is O=C(Cc1ccc(-c2cccc(F)c2)cc1)Nc1n[nH]c2c1CCC2. The molecule has 1 aliphatic carbocycles. The summed E-state index contributed by atoms with van der Waals surface area (Å²) in [6.07, 6.45) is 3.35. The molecule has 2 aromatic carbocycles. The van der Waals surface area contributed by atoms with Crippen LogP contribution in [0, 0.1) is 5.82 Å². The maximum Gasteiger partial charge on any atom is 0.230 e. The van der Waals surface area contributed by atoms with Crippen molar-refractivity contribution in [3.05, 3.63) is 71.2 Å². The predicted molar refractivity (Wildman–Crippen MR) is 94.8 cm³/mol. The summed E-state index contributed by atoms with van der Waals surface area (Å²) in [6.45, 7) is 0. The second-order valence-corrected chi connectivity index (χ2v) is 6.32. The molecule has 0 saturated carbocycles. The van der Waals surface area contributed by atoms with Crippen LogP contribution < -0.4 is 5.32 Å². The number of carbonyl (C=O) groups is 1. The summed E-state index contributed by atoms with van der Waals surface area (Å²) >= 11 is 0. The van der Waals surface area contributed by atoms with Crippen LogP contribution in [0.4, 0.5) is 10.2 Å². The van der Waals surface area contributed by atoms with E-state index in [2.05, 4.69) is 15.5 Å². The number of hydrogen-bond donors (Lipinski definition) is 2. The molecule has 0 saturated heterocycles. The lowest BCUT2D eigenvalue weighted by atomic mass is 10.0. The standard InChI is InChI=1S/C20H18FN3O/c21-16-4-1-3-15(12-16)14-9-7-13(8-10-14)11-19(25)22-20-17-5-2-6-18(17)23-24-20/h1,3-4,7-10,12H,2,5-6,11H2,(H2,22,23,24,25). The van der Waals surface area contributed by atoms with Gasteiger partial charge in [-0.25, -0.2) is 4.39 Å². The Morgan fingerprint density at radius 3 is 2.76 bits per heavy atom. The fourth-order valence-corrected chi connectivity index (χ4v) is 3.27. The van der Waals surface area contributed by atoms with Gasteiger partial charge in [-0.1, -0.05) is 36.4 Å². The van der Waals surface area contributed by atoms with Crippen molar-refractivity contribution in [1.29, 1.82) is 0 Å². The fourth-order valence-electron chi connectivity index (χ4n) is 3.27. The Kier molecular flexibility index (Phi) is 4.06. The number of benzene rings is 2. The molecule has 0 fully saturated rings. The van der Waals surface area contributed by atoms with Gasteiger partial charge >= 0.3 is 0 Å². The second kappa shape index (κ2) is 6.51. The Morgan fingerprint density at radius 1 is 1.12 bits per heavy atom. The van der Waals surface area contributed by atoms with Crippen molar-refractivity contribution >= 4 is 11.7 Å². The van der Waals surface area contributed by atoms with E-state index < -0.39 is 0 Å². The molecular formula is C20H18FN3O. The first-order chi connectivity index (χ1) is 12.2. The van der Waals surface area contributed by atoms with E-state index in [4.69, 9.17) is 0 Å². The molecule has 4 nitrogen and oxygen atoms in total. The van der Waals surface area contributed by atoms with E-state index in [-0.39, 0.29) is 18.1 Å². The van der Waals surface area contributed by atoms with Crippen LogP contribution in [0.25, 0.3) is 11.1 Å². The molecule has 0 atom stereocenters. The number of anilines is 1. The first-order valence-electron chi connectivity index (χ1n) is 8.40. The van der Waals surface area contributed by atoms with E-state index in [1.165, 1.54) is 12.1 Å². The van der Waals surface area contributed by atoms with Gasteiger partial charge in [0.15, 0.2) is 5.82 Å². The second-order valence-electron chi connectivity index (χ2n) is 6.32. The number of aromatic amines is 1. The van der Waals surface area contributed by atoms with Crippen LogP contribution in [-0.2, 0) is 24.1 Å². The van der Waals surface area contributed by atoms with Crippen molar-refractivity contribution in [3.63, 3.8) is 0 Å². The molecule has 1 aromatic heterocycles. The van der Waals surface area contributed by atoms with Crippen LogP contribution in [0.15, 0.2) is 48.5 Å². The molecule has 0 spiro atoms. The summed E-state index contributed by atoms with van der Waals surface area (Å²) < 4.78 is 13.3. The Morgan fingerprint density at radius 2 is 1.96 bits per heavy atom. The van der Waals surface area contributed by atoms with Gasteiger partial charge in [-0.2, -0.15) is 5.10 Å². The van der Waals surface area contributed by atoms with Crippen molar-refractivity contribution < 1.29 is 9.18 Å². The highest BCUT2D eigenvalue weighted by atomic mass is 19.1. The molecular weight excluding hydrogens is 317 g/mol. The minimum Gasteiger partial charge on any atom is -0.309 e. The summed E-state index contributed by atoms with van der Waals surface area (Å²) in [6, 6.07) is 14.1. The molecule has 0 unspecified atom stereocenters. The maximum atomic E-state index is 13.3. The third-order valence-electron chi connectivity index (χ3n) is 4.54. The summed E-state index contributed by atoms with van der Waals surface area (Å²) in [5.74, 6) is 0.320. The normalized spacial score (nSPS) is 12.8. The lowest BCUT2D eigenvalue weighted by Crippen LogP contribution is -2.15.